The van der Waals surface area contributed by atoms with Gasteiger partial charge in [-0.2, -0.15) is 0 Å². The lowest BCUT2D eigenvalue weighted by molar-refractivity contribution is -0.122. The van der Waals surface area contributed by atoms with Crippen LogP contribution in [0.3, 0.4) is 0 Å². The number of para-hydroxylation sites is 2. The van der Waals surface area contributed by atoms with Gasteiger partial charge in [0.05, 0.1) is 11.1 Å². The summed E-state index contributed by atoms with van der Waals surface area (Å²) in [6, 6.07) is 15.6. The zero-order valence-electron chi connectivity index (χ0n) is 17.9. The van der Waals surface area contributed by atoms with Gasteiger partial charge >= 0.3 is 5.97 Å². The Morgan fingerprint density at radius 3 is 2.71 bits per heavy atom. The number of fused-ring (bicyclic) bond motifs is 3. The second-order valence-corrected chi connectivity index (χ2v) is 8.80. The molecule has 0 saturated carbocycles. The molecule has 1 aromatic heterocycles. The fourth-order valence-electron chi connectivity index (χ4n) is 5.01. The van der Waals surface area contributed by atoms with Gasteiger partial charge in [-0.1, -0.05) is 43.3 Å². The Kier molecular flexibility index (Phi) is 4.97. The Morgan fingerprint density at radius 2 is 1.84 bits per heavy atom. The van der Waals surface area contributed by atoms with Crippen LogP contribution in [-0.2, 0) is 28.8 Å². The molecule has 0 radical (unpaired) electrons. The molecule has 5 nitrogen and oxygen atoms in total. The van der Waals surface area contributed by atoms with Gasteiger partial charge in [0.15, 0.2) is 6.61 Å². The van der Waals surface area contributed by atoms with E-state index in [1.807, 2.05) is 55.5 Å². The number of carbonyl (C=O) groups excluding carboxylic acids is 2. The monoisotopic (exact) mass is 414 g/mol. The molecular formula is C26H26N2O3. The first-order valence-electron chi connectivity index (χ1n) is 11.0. The van der Waals surface area contributed by atoms with Crippen molar-refractivity contribution < 1.29 is 14.3 Å². The number of anilines is 1. The predicted molar refractivity (Wildman–Crippen MR) is 120 cm³/mol. The van der Waals surface area contributed by atoms with Crippen molar-refractivity contribution in [3.05, 3.63) is 70.9 Å². The van der Waals surface area contributed by atoms with Crippen molar-refractivity contribution in [2.45, 2.75) is 45.6 Å². The van der Waals surface area contributed by atoms with E-state index in [0.717, 1.165) is 59.1 Å². The fourth-order valence-corrected chi connectivity index (χ4v) is 5.01. The van der Waals surface area contributed by atoms with Crippen molar-refractivity contribution in [1.82, 2.24) is 4.98 Å². The molecule has 2 aliphatic rings. The van der Waals surface area contributed by atoms with Crippen LogP contribution in [0, 0.1) is 5.92 Å². The van der Waals surface area contributed by atoms with Crippen LogP contribution in [0.1, 0.15) is 47.4 Å². The number of esters is 1. The molecule has 0 spiro atoms. The third kappa shape index (κ3) is 3.48. The van der Waals surface area contributed by atoms with E-state index >= 15 is 0 Å². The Labute approximate surface area is 182 Å². The van der Waals surface area contributed by atoms with Crippen molar-refractivity contribution in [3.63, 3.8) is 0 Å². The summed E-state index contributed by atoms with van der Waals surface area (Å²) in [6.07, 6.45) is 3.55. The number of hydrogen-bond acceptors (Lipinski definition) is 4. The first kappa shape index (κ1) is 19.7. The molecule has 3 aromatic rings. The maximum atomic E-state index is 13.3. The van der Waals surface area contributed by atoms with E-state index in [-0.39, 0.29) is 18.6 Å². The molecule has 0 fully saturated rings. The second kappa shape index (κ2) is 7.80. The average Bonchev–Trinajstić information content (AvgIpc) is 3.11. The normalized spacial score (nSPS) is 19.7. The second-order valence-electron chi connectivity index (χ2n) is 8.80. The van der Waals surface area contributed by atoms with Crippen molar-refractivity contribution in [3.8, 4) is 0 Å². The maximum Gasteiger partial charge on any atom is 0.339 e. The molecule has 1 aliphatic carbocycles. The van der Waals surface area contributed by atoms with Crippen molar-refractivity contribution in [1.29, 1.82) is 0 Å². The third-order valence-electron chi connectivity index (χ3n) is 6.51. The zero-order chi connectivity index (χ0) is 21.5. The number of amides is 1. The molecule has 5 rings (SSSR count). The molecule has 31 heavy (non-hydrogen) atoms. The summed E-state index contributed by atoms with van der Waals surface area (Å²) < 4.78 is 5.62. The Hall–Kier alpha value is -3.21. The largest absolute Gasteiger partial charge is 0.452 e. The minimum Gasteiger partial charge on any atom is -0.452 e. The van der Waals surface area contributed by atoms with Crippen LogP contribution in [0.25, 0.3) is 10.9 Å². The summed E-state index contributed by atoms with van der Waals surface area (Å²) in [5, 5.41) is 0.799. The van der Waals surface area contributed by atoms with Gasteiger partial charge in [-0.05, 0) is 61.8 Å². The number of carbonyl (C=O) groups is 2. The van der Waals surface area contributed by atoms with Crippen LogP contribution in [0.2, 0.25) is 0 Å². The topological polar surface area (TPSA) is 59.5 Å². The highest BCUT2D eigenvalue weighted by Crippen LogP contribution is 2.33. The van der Waals surface area contributed by atoms with Crippen LogP contribution < -0.4 is 4.90 Å². The quantitative estimate of drug-likeness (QED) is 0.593. The summed E-state index contributed by atoms with van der Waals surface area (Å²) in [5.74, 6) is -0.130. The lowest BCUT2D eigenvalue weighted by Gasteiger charge is -2.25. The number of ether oxygens (including phenoxy) is 1. The molecule has 2 unspecified atom stereocenters. The van der Waals surface area contributed by atoms with Crippen molar-refractivity contribution in [2.75, 3.05) is 11.5 Å². The molecule has 158 valence electrons. The SMILES string of the molecule is CC1CCc2nc3ccccc3c(C(=O)OCC(=O)N3c4ccccc4CC3C)c2C1. The van der Waals surface area contributed by atoms with Gasteiger partial charge in [0, 0.05) is 22.8 Å². The van der Waals surface area contributed by atoms with Gasteiger partial charge in [0.2, 0.25) is 0 Å². The minimum absolute atomic E-state index is 0.0546. The summed E-state index contributed by atoms with van der Waals surface area (Å²) in [7, 11) is 0. The number of rotatable bonds is 3. The van der Waals surface area contributed by atoms with Gasteiger partial charge < -0.3 is 9.64 Å². The summed E-state index contributed by atoms with van der Waals surface area (Å²) >= 11 is 0. The van der Waals surface area contributed by atoms with Gasteiger partial charge in [-0.25, -0.2) is 4.79 Å². The molecule has 0 bridgehead atoms. The lowest BCUT2D eigenvalue weighted by atomic mass is 9.84. The van der Waals surface area contributed by atoms with Gasteiger partial charge in [-0.3, -0.25) is 9.78 Å². The molecule has 1 amide bonds. The first-order valence-corrected chi connectivity index (χ1v) is 11.0. The fraction of sp³-hybridized carbons (Fsp3) is 0.346. The van der Waals surface area contributed by atoms with E-state index in [2.05, 4.69) is 6.92 Å². The number of hydrogen-bond donors (Lipinski definition) is 0. The molecular weight excluding hydrogens is 388 g/mol. The molecule has 2 atom stereocenters. The average molecular weight is 415 g/mol. The van der Waals surface area contributed by atoms with E-state index < -0.39 is 5.97 Å². The molecule has 2 heterocycles. The first-order chi connectivity index (χ1) is 15.0. The molecule has 5 heteroatoms. The predicted octanol–water partition coefficient (Wildman–Crippen LogP) is 4.49. The van der Waals surface area contributed by atoms with E-state index in [1.54, 1.807) is 4.90 Å². The minimum atomic E-state index is -0.433. The van der Waals surface area contributed by atoms with Crippen LogP contribution in [0.4, 0.5) is 5.69 Å². The lowest BCUT2D eigenvalue weighted by Crippen LogP contribution is -2.38. The van der Waals surface area contributed by atoms with Crippen LogP contribution in [0.5, 0.6) is 0 Å². The highest BCUT2D eigenvalue weighted by atomic mass is 16.5. The smallest absolute Gasteiger partial charge is 0.339 e. The summed E-state index contributed by atoms with van der Waals surface area (Å²) in [5.41, 5.74) is 5.41. The molecule has 0 saturated heterocycles. The number of benzene rings is 2. The van der Waals surface area contributed by atoms with E-state index in [1.165, 1.54) is 0 Å². The number of aromatic nitrogens is 1. The summed E-state index contributed by atoms with van der Waals surface area (Å²) in [6.45, 7) is 3.95. The number of pyridine rings is 1. The molecule has 0 N–H and O–H groups in total. The van der Waals surface area contributed by atoms with Crippen LogP contribution >= 0.6 is 0 Å². The zero-order valence-corrected chi connectivity index (χ0v) is 17.9. The summed E-state index contributed by atoms with van der Waals surface area (Å²) in [4.78, 5) is 32.8. The standard InChI is InChI=1S/C26H26N2O3/c1-16-11-12-22-20(13-16)25(19-8-4-5-9-21(19)27-22)26(30)31-15-24(29)28-17(2)14-18-7-3-6-10-23(18)28/h3-10,16-17H,11-15H2,1-2H3. The highest BCUT2D eigenvalue weighted by Gasteiger charge is 2.32. The van der Waals surface area contributed by atoms with E-state index in [0.29, 0.717) is 11.5 Å². The van der Waals surface area contributed by atoms with Crippen molar-refractivity contribution >= 4 is 28.5 Å². The number of aryl methyl sites for hydroxylation is 1. The third-order valence-corrected chi connectivity index (χ3v) is 6.51. The van der Waals surface area contributed by atoms with Gasteiger partial charge in [0.25, 0.3) is 5.91 Å². The Bertz CT molecular complexity index is 1190. The Morgan fingerprint density at radius 1 is 1.06 bits per heavy atom. The molecule has 2 aromatic carbocycles. The molecule has 1 aliphatic heterocycles. The van der Waals surface area contributed by atoms with Gasteiger partial charge in [0.1, 0.15) is 0 Å². The van der Waals surface area contributed by atoms with Crippen LogP contribution in [-0.4, -0.2) is 29.5 Å². The van der Waals surface area contributed by atoms with Crippen LogP contribution in [0.15, 0.2) is 48.5 Å². The van der Waals surface area contributed by atoms with Gasteiger partial charge in [-0.15, -0.1) is 0 Å². The van der Waals surface area contributed by atoms with Crippen molar-refractivity contribution in [2.24, 2.45) is 5.92 Å². The highest BCUT2D eigenvalue weighted by molar-refractivity contribution is 6.06. The Balaban J connectivity index is 1.42. The van der Waals surface area contributed by atoms with E-state index in [9.17, 15) is 9.59 Å². The maximum absolute atomic E-state index is 13.3. The number of nitrogens with zero attached hydrogens (tertiary/aromatic N) is 2. The van der Waals surface area contributed by atoms with E-state index in [4.69, 9.17) is 9.72 Å².